The third-order valence-corrected chi connectivity index (χ3v) is 1.59. The van der Waals surface area contributed by atoms with Crippen LogP contribution in [0.15, 0.2) is 12.7 Å². The molecular weight excluding hydrogens is 156 g/mol. The van der Waals surface area contributed by atoms with Gasteiger partial charge in [-0.15, -0.1) is 6.58 Å². The Hall–Kier alpha value is -1.12. The number of rotatable bonds is 6. The standard InChI is InChI=1S/C9H14O3/c1-3-5-7(9(11)12)8(10)6-4-2/h3,7H,1,4-6H2,2H3,(H,11,12). The lowest BCUT2D eigenvalue weighted by Gasteiger charge is -2.06. The molecule has 0 heterocycles. The van der Waals surface area contributed by atoms with Crippen LogP contribution in [0.1, 0.15) is 26.2 Å². The lowest BCUT2D eigenvalue weighted by Crippen LogP contribution is -2.22. The van der Waals surface area contributed by atoms with Gasteiger partial charge in [0.05, 0.1) is 0 Å². The maximum absolute atomic E-state index is 11.1. The third-order valence-electron chi connectivity index (χ3n) is 1.59. The van der Waals surface area contributed by atoms with E-state index < -0.39 is 11.9 Å². The number of ketones is 1. The third kappa shape index (κ3) is 3.32. The van der Waals surface area contributed by atoms with Crippen molar-refractivity contribution >= 4 is 11.8 Å². The fourth-order valence-corrected chi connectivity index (χ4v) is 0.957. The number of allylic oxidation sites excluding steroid dienone is 1. The normalized spacial score (nSPS) is 12.1. The van der Waals surface area contributed by atoms with Crippen LogP contribution in [-0.2, 0) is 9.59 Å². The lowest BCUT2D eigenvalue weighted by atomic mass is 9.97. The van der Waals surface area contributed by atoms with Gasteiger partial charge in [0.2, 0.25) is 0 Å². The van der Waals surface area contributed by atoms with Gasteiger partial charge in [0, 0.05) is 6.42 Å². The van der Waals surface area contributed by atoms with Crippen molar-refractivity contribution in [2.45, 2.75) is 26.2 Å². The Morgan fingerprint density at radius 3 is 2.50 bits per heavy atom. The molecule has 1 atom stereocenters. The molecule has 0 aliphatic carbocycles. The van der Waals surface area contributed by atoms with E-state index in [-0.39, 0.29) is 12.2 Å². The Bertz CT molecular complexity index is 184. The second-order valence-corrected chi connectivity index (χ2v) is 2.63. The number of aliphatic carboxylic acids is 1. The smallest absolute Gasteiger partial charge is 0.314 e. The second-order valence-electron chi connectivity index (χ2n) is 2.63. The van der Waals surface area contributed by atoms with Gasteiger partial charge in [0.1, 0.15) is 11.7 Å². The summed E-state index contributed by atoms with van der Waals surface area (Å²) in [6.07, 6.45) is 2.73. The summed E-state index contributed by atoms with van der Waals surface area (Å²) in [5.41, 5.74) is 0. The summed E-state index contributed by atoms with van der Waals surface area (Å²) in [6.45, 7) is 5.26. The average molecular weight is 170 g/mol. The summed E-state index contributed by atoms with van der Waals surface area (Å²) in [6, 6.07) is 0. The first kappa shape index (κ1) is 10.9. The van der Waals surface area contributed by atoms with E-state index in [0.29, 0.717) is 12.8 Å². The summed E-state index contributed by atoms with van der Waals surface area (Å²) in [5.74, 6) is -2.14. The van der Waals surface area contributed by atoms with Crippen LogP contribution in [0.2, 0.25) is 0 Å². The highest BCUT2D eigenvalue weighted by atomic mass is 16.4. The number of Topliss-reactive ketones (excluding diaryl/α,β-unsaturated/α-hetero) is 1. The van der Waals surface area contributed by atoms with Crippen molar-refractivity contribution < 1.29 is 14.7 Å². The fraction of sp³-hybridized carbons (Fsp3) is 0.556. The molecule has 68 valence electrons. The first-order valence-electron chi connectivity index (χ1n) is 3.99. The minimum absolute atomic E-state index is 0.204. The molecule has 1 N–H and O–H groups in total. The summed E-state index contributed by atoms with van der Waals surface area (Å²) < 4.78 is 0. The maximum atomic E-state index is 11.1. The van der Waals surface area contributed by atoms with Crippen molar-refractivity contribution in [1.82, 2.24) is 0 Å². The van der Waals surface area contributed by atoms with Gasteiger partial charge in [-0.1, -0.05) is 13.0 Å². The van der Waals surface area contributed by atoms with Crippen LogP contribution < -0.4 is 0 Å². The zero-order valence-corrected chi connectivity index (χ0v) is 7.25. The Morgan fingerprint density at radius 1 is 1.58 bits per heavy atom. The number of carbonyl (C=O) groups excluding carboxylic acids is 1. The molecule has 0 aliphatic rings. The quantitative estimate of drug-likeness (QED) is 0.487. The van der Waals surface area contributed by atoms with Crippen molar-refractivity contribution in [2.24, 2.45) is 5.92 Å². The minimum Gasteiger partial charge on any atom is -0.481 e. The number of carbonyl (C=O) groups is 2. The highest BCUT2D eigenvalue weighted by Gasteiger charge is 2.23. The molecule has 0 radical (unpaired) electrons. The summed E-state index contributed by atoms with van der Waals surface area (Å²) in [5, 5.41) is 8.63. The lowest BCUT2D eigenvalue weighted by molar-refractivity contribution is -0.146. The first-order valence-corrected chi connectivity index (χ1v) is 3.99. The Labute approximate surface area is 72.1 Å². The van der Waals surface area contributed by atoms with Crippen molar-refractivity contribution in [2.75, 3.05) is 0 Å². The molecule has 0 saturated carbocycles. The van der Waals surface area contributed by atoms with Crippen LogP contribution in [0.25, 0.3) is 0 Å². The Morgan fingerprint density at radius 2 is 2.17 bits per heavy atom. The van der Waals surface area contributed by atoms with Crippen LogP contribution in [0.5, 0.6) is 0 Å². The van der Waals surface area contributed by atoms with Gasteiger partial charge in [-0.3, -0.25) is 9.59 Å². The summed E-state index contributed by atoms with van der Waals surface area (Å²) in [7, 11) is 0. The molecule has 1 unspecified atom stereocenters. The molecule has 0 aromatic carbocycles. The monoisotopic (exact) mass is 170 g/mol. The van der Waals surface area contributed by atoms with E-state index in [1.165, 1.54) is 6.08 Å². The van der Waals surface area contributed by atoms with E-state index in [1.807, 2.05) is 6.92 Å². The second kappa shape index (κ2) is 5.52. The van der Waals surface area contributed by atoms with Crippen LogP contribution >= 0.6 is 0 Å². The van der Waals surface area contributed by atoms with E-state index in [4.69, 9.17) is 5.11 Å². The fourth-order valence-electron chi connectivity index (χ4n) is 0.957. The summed E-state index contributed by atoms with van der Waals surface area (Å²) >= 11 is 0. The van der Waals surface area contributed by atoms with Crippen molar-refractivity contribution in [3.8, 4) is 0 Å². The van der Waals surface area contributed by atoms with E-state index in [0.717, 1.165) is 0 Å². The van der Waals surface area contributed by atoms with Gasteiger partial charge in [-0.2, -0.15) is 0 Å². The van der Waals surface area contributed by atoms with E-state index >= 15 is 0 Å². The minimum atomic E-state index is -1.05. The van der Waals surface area contributed by atoms with Gasteiger partial charge in [0.15, 0.2) is 0 Å². The molecule has 3 heteroatoms. The molecule has 0 fully saturated rings. The van der Waals surface area contributed by atoms with Crippen molar-refractivity contribution in [3.63, 3.8) is 0 Å². The van der Waals surface area contributed by atoms with Crippen LogP contribution in [0.3, 0.4) is 0 Å². The SMILES string of the molecule is C=CCC(C(=O)O)C(=O)CCC. The molecule has 0 aliphatic heterocycles. The van der Waals surface area contributed by atoms with E-state index in [1.54, 1.807) is 0 Å². The molecular formula is C9H14O3. The van der Waals surface area contributed by atoms with Gasteiger partial charge in [-0.05, 0) is 12.8 Å². The number of carboxylic acids is 1. The van der Waals surface area contributed by atoms with Crippen molar-refractivity contribution in [3.05, 3.63) is 12.7 Å². The van der Waals surface area contributed by atoms with Gasteiger partial charge >= 0.3 is 5.97 Å². The van der Waals surface area contributed by atoms with Crippen LogP contribution in [0.4, 0.5) is 0 Å². The molecule has 0 rings (SSSR count). The Balaban J connectivity index is 4.18. The highest BCUT2D eigenvalue weighted by Crippen LogP contribution is 2.09. The zero-order chi connectivity index (χ0) is 9.56. The van der Waals surface area contributed by atoms with E-state index in [9.17, 15) is 9.59 Å². The molecule has 0 amide bonds. The number of carboxylic acid groups (broad SMARTS) is 1. The molecule has 0 bridgehead atoms. The zero-order valence-electron chi connectivity index (χ0n) is 7.25. The largest absolute Gasteiger partial charge is 0.481 e. The van der Waals surface area contributed by atoms with Crippen LogP contribution in [-0.4, -0.2) is 16.9 Å². The molecule has 12 heavy (non-hydrogen) atoms. The van der Waals surface area contributed by atoms with Gasteiger partial charge < -0.3 is 5.11 Å². The molecule has 3 nitrogen and oxygen atoms in total. The van der Waals surface area contributed by atoms with Gasteiger partial charge in [0.25, 0.3) is 0 Å². The summed E-state index contributed by atoms with van der Waals surface area (Å²) in [4.78, 5) is 21.7. The topological polar surface area (TPSA) is 54.4 Å². The first-order chi connectivity index (χ1) is 5.63. The molecule has 0 saturated heterocycles. The average Bonchev–Trinajstić information content (AvgIpc) is 1.99. The van der Waals surface area contributed by atoms with Crippen LogP contribution in [0, 0.1) is 5.92 Å². The maximum Gasteiger partial charge on any atom is 0.314 e. The molecule has 0 aromatic heterocycles. The predicted octanol–water partition coefficient (Wildman–Crippen LogP) is 1.63. The molecule has 0 aromatic rings. The molecule has 0 spiro atoms. The van der Waals surface area contributed by atoms with E-state index in [2.05, 4.69) is 6.58 Å². The predicted molar refractivity (Wildman–Crippen MR) is 45.9 cm³/mol. The number of hydrogen-bond acceptors (Lipinski definition) is 2. The number of hydrogen-bond donors (Lipinski definition) is 1. The van der Waals surface area contributed by atoms with Crippen molar-refractivity contribution in [1.29, 1.82) is 0 Å². The Kier molecular flexibility index (Phi) is 5.00. The van der Waals surface area contributed by atoms with Gasteiger partial charge in [-0.25, -0.2) is 0 Å². The highest BCUT2D eigenvalue weighted by molar-refractivity contribution is 5.98.